The van der Waals surface area contributed by atoms with Crippen molar-refractivity contribution >= 4 is 5.97 Å². The highest BCUT2D eigenvalue weighted by atomic mass is 16.7. The van der Waals surface area contributed by atoms with Crippen LogP contribution < -0.4 is 0 Å². The number of rotatable bonds is 29. The van der Waals surface area contributed by atoms with E-state index in [4.69, 9.17) is 18.9 Å². The molecule has 0 aromatic heterocycles. The summed E-state index contributed by atoms with van der Waals surface area (Å²) >= 11 is 0. The van der Waals surface area contributed by atoms with Crippen molar-refractivity contribution in [2.75, 3.05) is 26.4 Å². The van der Waals surface area contributed by atoms with Crippen molar-refractivity contribution in [1.82, 2.24) is 0 Å². The number of carbonyl (C=O) groups excluding carboxylic acids is 1. The van der Waals surface area contributed by atoms with Crippen molar-refractivity contribution in [3.8, 4) is 0 Å². The van der Waals surface area contributed by atoms with Gasteiger partial charge in [-0.3, -0.25) is 4.79 Å². The molecule has 0 aliphatic carbocycles. The highest BCUT2D eigenvalue weighted by molar-refractivity contribution is 5.69. The normalized spacial score (nSPS) is 22.9. The SMILES string of the molecule is CCCCCCCC/C=C\CCCCCCCCCCCCOCC(COC1OC(CO)C(O)C(O)C1O)OC(=O)CCC. The number of ether oxygens (including phenoxy) is 4. The molecular formula is C35H66O9. The molecule has 1 aliphatic heterocycles. The first-order valence-electron chi connectivity index (χ1n) is 17.8. The molecule has 6 unspecified atom stereocenters. The summed E-state index contributed by atoms with van der Waals surface area (Å²) in [4.78, 5) is 12.1. The second kappa shape index (κ2) is 28.2. The number of aliphatic hydroxyl groups is 4. The van der Waals surface area contributed by atoms with Gasteiger partial charge in [-0.05, 0) is 38.5 Å². The number of unbranched alkanes of at least 4 members (excludes halogenated alkanes) is 16. The van der Waals surface area contributed by atoms with Crippen molar-refractivity contribution in [3.63, 3.8) is 0 Å². The van der Waals surface area contributed by atoms with Crippen LogP contribution in [0.25, 0.3) is 0 Å². The van der Waals surface area contributed by atoms with Crippen molar-refractivity contribution in [2.24, 2.45) is 0 Å². The molecule has 1 rings (SSSR count). The number of allylic oxidation sites excluding steroid dienone is 2. The van der Waals surface area contributed by atoms with Gasteiger partial charge in [0.25, 0.3) is 0 Å². The highest BCUT2D eigenvalue weighted by Crippen LogP contribution is 2.22. The summed E-state index contributed by atoms with van der Waals surface area (Å²) < 4.78 is 22.2. The Labute approximate surface area is 267 Å². The van der Waals surface area contributed by atoms with E-state index in [1.165, 1.54) is 103 Å². The Morgan fingerprint density at radius 1 is 0.705 bits per heavy atom. The van der Waals surface area contributed by atoms with Crippen molar-refractivity contribution in [2.45, 2.75) is 179 Å². The van der Waals surface area contributed by atoms with Crippen LogP contribution in [-0.2, 0) is 23.7 Å². The first kappa shape index (κ1) is 41.0. The van der Waals surface area contributed by atoms with Crippen molar-refractivity contribution in [1.29, 1.82) is 0 Å². The molecule has 0 saturated carbocycles. The number of hydrogen-bond donors (Lipinski definition) is 4. The topological polar surface area (TPSA) is 135 Å². The predicted octanol–water partition coefficient (Wildman–Crippen LogP) is 6.13. The molecule has 0 spiro atoms. The van der Waals surface area contributed by atoms with Crippen LogP contribution in [-0.4, -0.2) is 89.6 Å². The van der Waals surface area contributed by atoms with Gasteiger partial charge in [0.05, 0.1) is 19.8 Å². The Balaban J connectivity index is 2.06. The molecular weight excluding hydrogens is 564 g/mol. The zero-order valence-corrected chi connectivity index (χ0v) is 27.9. The van der Waals surface area contributed by atoms with Crippen LogP contribution in [0.1, 0.15) is 142 Å². The van der Waals surface area contributed by atoms with Gasteiger partial charge in [-0.25, -0.2) is 0 Å². The lowest BCUT2D eigenvalue weighted by Crippen LogP contribution is -2.59. The second-order valence-corrected chi connectivity index (χ2v) is 12.3. The number of carbonyl (C=O) groups is 1. The van der Waals surface area contributed by atoms with Gasteiger partial charge in [-0.15, -0.1) is 0 Å². The Bertz CT molecular complexity index is 687. The average Bonchev–Trinajstić information content (AvgIpc) is 3.01. The van der Waals surface area contributed by atoms with Crippen LogP contribution in [0.3, 0.4) is 0 Å². The molecule has 0 radical (unpaired) electrons. The van der Waals surface area contributed by atoms with E-state index in [0.717, 1.165) is 12.8 Å². The van der Waals surface area contributed by atoms with E-state index in [2.05, 4.69) is 19.1 Å². The minimum Gasteiger partial charge on any atom is -0.457 e. The summed E-state index contributed by atoms with van der Waals surface area (Å²) in [6.07, 6.45) is 21.2. The highest BCUT2D eigenvalue weighted by Gasteiger charge is 2.44. The van der Waals surface area contributed by atoms with E-state index in [-0.39, 0.29) is 25.6 Å². The second-order valence-electron chi connectivity index (χ2n) is 12.3. The molecule has 9 heteroatoms. The minimum absolute atomic E-state index is 0.117. The third-order valence-electron chi connectivity index (χ3n) is 8.15. The lowest BCUT2D eigenvalue weighted by molar-refractivity contribution is -0.305. The molecule has 0 aromatic carbocycles. The van der Waals surface area contributed by atoms with Crippen LogP contribution in [0.4, 0.5) is 0 Å². The van der Waals surface area contributed by atoms with Gasteiger partial charge >= 0.3 is 5.97 Å². The van der Waals surface area contributed by atoms with Gasteiger partial charge in [0.1, 0.15) is 30.5 Å². The molecule has 260 valence electrons. The zero-order valence-electron chi connectivity index (χ0n) is 27.9. The fourth-order valence-corrected chi connectivity index (χ4v) is 5.35. The predicted molar refractivity (Wildman–Crippen MR) is 173 cm³/mol. The zero-order chi connectivity index (χ0) is 32.3. The quantitative estimate of drug-likeness (QED) is 0.0437. The van der Waals surface area contributed by atoms with E-state index in [1.807, 2.05) is 6.92 Å². The smallest absolute Gasteiger partial charge is 0.306 e. The van der Waals surface area contributed by atoms with E-state index >= 15 is 0 Å². The summed E-state index contributed by atoms with van der Waals surface area (Å²) in [5.41, 5.74) is 0. The molecule has 1 saturated heterocycles. The van der Waals surface area contributed by atoms with Crippen LogP contribution >= 0.6 is 0 Å². The Morgan fingerprint density at radius 2 is 1.25 bits per heavy atom. The van der Waals surface area contributed by atoms with Crippen molar-refractivity contribution in [3.05, 3.63) is 12.2 Å². The molecule has 44 heavy (non-hydrogen) atoms. The van der Waals surface area contributed by atoms with E-state index in [9.17, 15) is 25.2 Å². The summed E-state index contributed by atoms with van der Waals surface area (Å²) in [7, 11) is 0. The lowest BCUT2D eigenvalue weighted by atomic mass is 9.99. The van der Waals surface area contributed by atoms with Gasteiger partial charge in [-0.1, -0.05) is 109 Å². The maximum Gasteiger partial charge on any atom is 0.306 e. The van der Waals surface area contributed by atoms with Crippen LogP contribution in [0, 0.1) is 0 Å². The third-order valence-corrected chi connectivity index (χ3v) is 8.15. The minimum atomic E-state index is -1.53. The van der Waals surface area contributed by atoms with Gasteiger partial charge in [0.2, 0.25) is 0 Å². The third kappa shape index (κ3) is 20.1. The van der Waals surface area contributed by atoms with Crippen LogP contribution in [0.15, 0.2) is 12.2 Å². The Kier molecular flexibility index (Phi) is 26.2. The summed E-state index contributed by atoms with van der Waals surface area (Å²) in [5, 5.41) is 39.4. The van der Waals surface area contributed by atoms with E-state index in [1.54, 1.807) is 0 Å². The fourth-order valence-electron chi connectivity index (χ4n) is 5.35. The maximum absolute atomic E-state index is 12.1. The van der Waals surface area contributed by atoms with E-state index in [0.29, 0.717) is 13.0 Å². The Morgan fingerprint density at radius 3 is 1.80 bits per heavy atom. The Hall–Kier alpha value is -1.07. The molecule has 1 fully saturated rings. The standard InChI is InChI=1S/C35H66O9/c1-3-5-6-7-8-9-10-11-12-13-14-15-16-17-18-19-20-21-22-23-25-41-27-29(43-31(37)24-4-2)28-42-35-34(40)33(39)32(38)30(26-36)44-35/h11-12,29-30,32-36,38-40H,3-10,13-28H2,1-2H3/b12-11-. The number of aliphatic hydroxyl groups excluding tert-OH is 4. The fraction of sp³-hybridized carbons (Fsp3) is 0.914. The summed E-state index contributed by atoms with van der Waals surface area (Å²) in [6, 6.07) is 0. The first-order valence-corrected chi connectivity index (χ1v) is 17.8. The summed E-state index contributed by atoms with van der Waals surface area (Å²) in [5.74, 6) is -0.367. The average molecular weight is 631 g/mol. The van der Waals surface area contributed by atoms with Gasteiger partial charge in [0.15, 0.2) is 6.29 Å². The summed E-state index contributed by atoms with van der Waals surface area (Å²) in [6.45, 7) is 4.18. The van der Waals surface area contributed by atoms with Crippen LogP contribution in [0.2, 0.25) is 0 Å². The van der Waals surface area contributed by atoms with Crippen molar-refractivity contribution < 1.29 is 44.2 Å². The number of esters is 1. The molecule has 1 aliphatic rings. The molecule has 0 bridgehead atoms. The lowest BCUT2D eigenvalue weighted by Gasteiger charge is -2.39. The molecule has 9 nitrogen and oxygen atoms in total. The molecule has 0 amide bonds. The molecule has 4 N–H and O–H groups in total. The van der Waals surface area contributed by atoms with E-state index < -0.39 is 43.4 Å². The van der Waals surface area contributed by atoms with Gasteiger partial charge < -0.3 is 39.4 Å². The van der Waals surface area contributed by atoms with Crippen LogP contribution in [0.5, 0.6) is 0 Å². The monoisotopic (exact) mass is 630 g/mol. The molecule has 6 atom stereocenters. The first-order chi connectivity index (χ1) is 21.4. The largest absolute Gasteiger partial charge is 0.457 e. The van der Waals surface area contributed by atoms with Gasteiger partial charge in [-0.2, -0.15) is 0 Å². The number of hydrogen-bond acceptors (Lipinski definition) is 9. The maximum atomic E-state index is 12.1. The molecule has 1 heterocycles. The molecule has 0 aromatic rings. The van der Waals surface area contributed by atoms with Gasteiger partial charge in [0, 0.05) is 13.0 Å².